The van der Waals surface area contributed by atoms with Crippen molar-refractivity contribution < 1.29 is 17.9 Å². The Labute approximate surface area is 161 Å². The van der Waals surface area contributed by atoms with Crippen molar-refractivity contribution in [1.29, 1.82) is 0 Å². The van der Waals surface area contributed by atoms with E-state index in [1.807, 2.05) is 6.92 Å². The molecule has 2 saturated heterocycles. The summed E-state index contributed by atoms with van der Waals surface area (Å²) < 4.78 is 32.7. The first-order valence-electron chi connectivity index (χ1n) is 9.57. The molecule has 2 fully saturated rings. The van der Waals surface area contributed by atoms with Crippen LogP contribution in [0, 0.1) is 5.92 Å². The molecule has 8 heteroatoms. The fraction of sp³-hybridized carbons (Fsp3) is 0.632. The van der Waals surface area contributed by atoms with E-state index in [1.165, 1.54) is 17.5 Å². The van der Waals surface area contributed by atoms with Gasteiger partial charge in [-0.05, 0) is 56.7 Å². The lowest BCUT2D eigenvalue weighted by Gasteiger charge is -2.33. The third kappa shape index (κ3) is 4.12. The molecule has 1 aromatic rings. The van der Waals surface area contributed by atoms with Gasteiger partial charge in [0.1, 0.15) is 10.6 Å². The molecule has 1 aromatic carbocycles. The highest BCUT2D eigenvalue weighted by Crippen LogP contribution is 2.30. The van der Waals surface area contributed by atoms with Crippen LogP contribution in [0.2, 0.25) is 0 Å². The van der Waals surface area contributed by atoms with Crippen molar-refractivity contribution in [3.63, 3.8) is 0 Å². The number of nitrogens with two attached hydrogens (primary N) is 1. The summed E-state index contributed by atoms with van der Waals surface area (Å²) in [6.45, 7) is 4.31. The Balaban J connectivity index is 1.84. The van der Waals surface area contributed by atoms with Gasteiger partial charge in [0.05, 0.1) is 7.11 Å². The van der Waals surface area contributed by atoms with E-state index in [2.05, 4.69) is 0 Å². The van der Waals surface area contributed by atoms with Crippen LogP contribution in [0.1, 0.15) is 43.0 Å². The van der Waals surface area contributed by atoms with Crippen LogP contribution in [0.5, 0.6) is 5.75 Å². The summed E-state index contributed by atoms with van der Waals surface area (Å²) >= 11 is 0. The molecule has 0 aromatic heterocycles. The van der Waals surface area contributed by atoms with Crippen molar-refractivity contribution >= 4 is 15.9 Å². The van der Waals surface area contributed by atoms with Crippen molar-refractivity contribution in [2.45, 2.75) is 43.5 Å². The Morgan fingerprint density at radius 3 is 2.37 bits per heavy atom. The molecule has 0 spiro atoms. The van der Waals surface area contributed by atoms with E-state index < -0.39 is 10.0 Å². The minimum atomic E-state index is -3.67. The Kier molecular flexibility index (Phi) is 6.08. The number of carbonyl (C=O) groups is 1. The fourth-order valence-corrected chi connectivity index (χ4v) is 5.59. The van der Waals surface area contributed by atoms with Crippen LogP contribution in [-0.2, 0) is 10.0 Å². The van der Waals surface area contributed by atoms with Gasteiger partial charge >= 0.3 is 0 Å². The second-order valence-corrected chi connectivity index (χ2v) is 9.37. The van der Waals surface area contributed by atoms with Crippen molar-refractivity contribution in [2.24, 2.45) is 11.7 Å². The number of likely N-dealkylation sites (tertiary alicyclic amines) is 1. The van der Waals surface area contributed by atoms with Gasteiger partial charge < -0.3 is 15.4 Å². The molecular formula is C19H29N3O4S. The highest BCUT2D eigenvalue weighted by Gasteiger charge is 2.32. The van der Waals surface area contributed by atoms with Gasteiger partial charge in [-0.15, -0.1) is 0 Å². The van der Waals surface area contributed by atoms with Gasteiger partial charge in [-0.25, -0.2) is 8.42 Å². The van der Waals surface area contributed by atoms with Crippen molar-refractivity contribution in [3.05, 3.63) is 23.8 Å². The number of sulfonamides is 1. The van der Waals surface area contributed by atoms with Crippen LogP contribution >= 0.6 is 0 Å². The Bertz CT molecular complexity index is 780. The average molecular weight is 396 g/mol. The number of ether oxygens (including phenoxy) is 1. The van der Waals surface area contributed by atoms with Gasteiger partial charge in [0.2, 0.25) is 10.0 Å². The summed E-state index contributed by atoms with van der Waals surface area (Å²) in [6.07, 6.45) is 3.46. The summed E-state index contributed by atoms with van der Waals surface area (Å²) in [5.41, 5.74) is 6.35. The van der Waals surface area contributed by atoms with Crippen LogP contribution < -0.4 is 10.5 Å². The maximum absolute atomic E-state index is 13.0. The molecule has 0 radical (unpaired) electrons. The molecule has 3 rings (SSSR count). The second kappa shape index (κ2) is 8.16. The van der Waals surface area contributed by atoms with Crippen molar-refractivity contribution in [1.82, 2.24) is 9.21 Å². The molecule has 2 N–H and O–H groups in total. The SMILES string of the molecule is COc1ccc(C(=O)N2CCC(C(C)N)CC2)cc1S(=O)(=O)N1CCCC1. The average Bonchev–Trinajstić information content (AvgIpc) is 3.22. The Hall–Kier alpha value is -1.64. The molecule has 150 valence electrons. The van der Waals surface area contributed by atoms with E-state index >= 15 is 0 Å². The number of amides is 1. The Morgan fingerprint density at radius 1 is 1.19 bits per heavy atom. The number of rotatable bonds is 5. The monoisotopic (exact) mass is 395 g/mol. The number of benzene rings is 1. The molecule has 0 bridgehead atoms. The van der Waals surface area contributed by atoms with E-state index in [1.54, 1.807) is 17.0 Å². The quantitative estimate of drug-likeness (QED) is 0.819. The normalized spacial score (nSPS) is 20.6. The summed E-state index contributed by atoms with van der Waals surface area (Å²) in [7, 11) is -2.22. The first-order valence-corrected chi connectivity index (χ1v) is 11.0. The zero-order valence-corrected chi connectivity index (χ0v) is 16.9. The van der Waals surface area contributed by atoms with Gasteiger partial charge in [0.15, 0.2) is 0 Å². The zero-order valence-electron chi connectivity index (χ0n) is 16.1. The molecule has 7 nitrogen and oxygen atoms in total. The van der Waals surface area contributed by atoms with Crippen LogP contribution in [-0.4, -0.2) is 62.9 Å². The maximum atomic E-state index is 13.0. The topological polar surface area (TPSA) is 92.9 Å². The lowest BCUT2D eigenvalue weighted by atomic mass is 9.90. The number of carbonyl (C=O) groups excluding carboxylic acids is 1. The number of methoxy groups -OCH3 is 1. The number of hydrogen-bond donors (Lipinski definition) is 1. The smallest absolute Gasteiger partial charge is 0.253 e. The number of hydrogen-bond acceptors (Lipinski definition) is 5. The minimum Gasteiger partial charge on any atom is -0.495 e. The Morgan fingerprint density at radius 2 is 1.81 bits per heavy atom. The number of piperidine rings is 1. The number of nitrogens with zero attached hydrogens (tertiary/aromatic N) is 2. The van der Waals surface area contributed by atoms with Crippen LogP contribution in [0.15, 0.2) is 23.1 Å². The maximum Gasteiger partial charge on any atom is 0.253 e. The lowest BCUT2D eigenvalue weighted by Crippen LogP contribution is -2.42. The van der Waals surface area contributed by atoms with Gasteiger partial charge in [-0.2, -0.15) is 4.31 Å². The van der Waals surface area contributed by atoms with Gasteiger partial charge in [0.25, 0.3) is 5.91 Å². The molecule has 1 amide bonds. The molecular weight excluding hydrogens is 366 g/mol. The summed E-state index contributed by atoms with van der Waals surface area (Å²) in [5, 5.41) is 0. The zero-order chi connectivity index (χ0) is 19.6. The van der Waals surface area contributed by atoms with Gasteiger partial charge in [-0.1, -0.05) is 0 Å². The second-order valence-electron chi connectivity index (χ2n) is 7.47. The predicted molar refractivity (Wildman–Crippen MR) is 103 cm³/mol. The highest BCUT2D eigenvalue weighted by molar-refractivity contribution is 7.89. The molecule has 1 atom stereocenters. The van der Waals surface area contributed by atoms with Gasteiger partial charge in [0, 0.05) is 37.8 Å². The van der Waals surface area contributed by atoms with Crippen molar-refractivity contribution in [2.75, 3.05) is 33.3 Å². The first-order chi connectivity index (χ1) is 12.8. The molecule has 0 aliphatic carbocycles. The summed E-state index contributed by atoms with van der Waals surface area (Å²) in [5.74, 6) is 0.559. The summed E-state index contributed by atoms with van der Waals surface area (Å²) in [4.78, 5) is 14.8. The van der Waals surface area contributed by atoms with Gasteiger partial charge in [-0.3, -0.25) is 4.79 Å². The predicted octanol–water partition coefficient (Wildman–Crippen LogP) is 1.68. The standard InChI is InChI=1S/C19H29N3O4S/c1-14(20)15-7-11-21(12-8-15)19(23)16-5-6-17(26-2)18(13-16)27(24,25)22-9-3-4-10-22/h5-6,13-15H,3-4,7-12,20H2,1-2H3. The molecule has 2 heterocycles. The fourth-order valence-electron chi connectivity index (χ4n) is 3.89. The van der Waals surface area contributed by atoms with Crippen LogP contribution in [0.25, 0.3) is 0 Å². The van der Waals surface area contributed by atoms with Crippen LogP contribution in [0.4, 0.5) is 0 Å². The molecule has 2 aliphatic heterocycles. The minimum absolute atomic E-state index is 0.0724. The van der Waals surface area contributed by atoms with E-state index in [0.29, 0.717) is 37.7 Å². The third-order valence-corrected chi connectivity index (χ3v) is 7.58. The summed E-state index contributed by atoms with van der Waals surface area (Å²) in [6, 6.07) is 4.81. The van der Waals surface area contributed by atoms with E-state index in [0.717, 1.165) is 25.7 Å². The van der Waals surface area contributed by atoms with E-state index in [-0.39, 0.29) is 22.6 Å². The van der Waals surface area contributed by atoms with E-state index in [4.69, 9.17) is 10.5 Å². The highest BCUT2D eigenvalue weighted by atomic mass is 32.2. The first kappa shape index (κ1) is 20.1. The molecule has 27 heavy (non-hydrogen) atoms. The largest absolute Gasteiger partial charge is 0.495 e. The molecule has 0 saturated carbocycles. The lowest BCUT2D eigenvalue weighted by molar-refractivity contribution is 0.0680. The van der Waals surface area contributed by atoms with Crippen molar-refractivity contribution in [3.8, 4) is 5.75 Å². The molecule has 1 unspecified atom stereocenters. The van der Waals surface area contributed by atoms with Crippen LogP contribution in [0.3, 0.4) is 0 Å². The van der Waals surface area contributed by atoms with E-state index in [9.17, 15) is 13.2 Å². The third-order valence-electron chi connectivity index (χ3n) is 5.66. The molecule has 2 aliphatic rings.